The molecule has 1 aromatic heterocycles. The quantitative estimate of drug-likeness (QED) is 0.565. The lowest BCUT2D eigenvalue weighted by molar-refractivity contribution is -0.127. The molecule has 1 N–H and O–H groups in total. The van der Waals surface area contributed by atoms with Gasteiger partial charge >= 0.3 is 0 Å². The van der Waals surface area contributed by atoms with Crippen LogP contribution in [0.25, 0.3) is 6.08 Å². The van der Waals surface area contributed by atoms with Crippen LogP contribution >= 0.6 is 34.4 Å². The fourth-order valence-electron chi connectivity index (χ4n) is 2.04. The highest BCUT2D eigenvalue weighted by atomic mass is 127. The second-order valence-electron chi connectivity index (χ2n) is 4.82. The molecule has 122 valence electrons. The molecule has 2 heterocycles. The Morgan fingerprint density at radius 2 is 1.96 bits per heavy atom. The van der Waals surface area contributed by atoms with Crippen LogP contribution in [0.3, 0.4) is 0 Å². The van der Waals surface area contributed by atoms with Crippen molar-refractivity contribution in [1.82, 2.24) is 4.90 Å². The number of thioether (sulfide) groups is 1. The summed E-state index contributed by atoms with van der Waals surface area (Å²) in [6, 6.07) is 12.3. The Hall–Kier alpha value is -2.07. The predicted octanol–water partition coefficient (Wildman–Crippen LogP) is 3.56. The third-order valence-electron chi connectivity index (χ3n) is 3.10. The van der Waals surface area contributed by atoms with Gasteiger partial charge in [-0.15, -0.1) is 0 Å². The largest absolute Gasteiger partial charge is 0.451 e. The maximum atomic E-state index is 12.3. The zero-order chi connectivity index (χ0) is 17.1. The summed E-state index contributed by atoms with van der Waals surface area (Å²) in [6.45, 7) is -0.327. The summed E-state index contributed by atoms with van der Waals surface area (Å²) in [5.41, 5.74) is 0.607. The van der Waals surface area contributed by atoms with Crippen molar-refractivity contribution in [2.45, 2.75) is 0 Å². The van der Waals surface area contributed by atoms with E-state index >= 15 is 0 Å². The fraction of sp³-hybridized carbons (Fsp3) is 0.0625. The number of hydrogen-bond acceptors (Lipinski definition) is 5. The minimum atomic E-state index is -0.500. The Kier molecular flexibility index (Phi) is 5.05. The number of nitrogens with one attached hydrogen (secondary N) is 1. The molecule has 1 aromatic carbocycles. The third kappa shape index (κ3) is 3.88. The lowest BCUT2D eigenvalue weighted by atomic mass is 10.3. The Labute approximate surface area is 155 Å². The molecule has 0 unspecified atom stereocenters. The second-order valence-corrected chi connectivity index (χ2v) is 6.88. The average molecular weight is 454 g/mol. The standard InChI is InChI=1S/C16H11IN2O4S/c17-13-7-6-11(23-13)8-12-15(21)19(16(22)24-12)9-14(20)18-10-4-2-1-3-5-10/h1-8H,9H2,(H,18,20)/b12-8-. The zero-order valence-electron chi connectivity index (χ0n) is 12.2. The first-order valence-corrected chi connectivity index (χ1v) is 8.78. The van der Waals surface area contributed by atoms with Gasteiger partial charge in [-0.2, -0.15) is 0 Å². The predicted molar refractivity (Wildman–Crippen MR) is 99.2 cm³/mol. The van der Waals surface area contributed by atoms with Crippen LogP contribution < -0.4 is 5.32 Å². The van der Waals surface area contributed by atoms with Crippen LogP contribution in [0.4, 0.5) is 10.5 Å². The van der Waals surface area contributed by atoms with Crippen molar-refractivity contribution in [2.24, 2.45) is 0 Å². The number of anilines is 1. The van der Waals surface area contributed by atoms with Crippen LogP contribution in [0.1, 0.15) is 5.76 Å². The molecule has 0 saturated carbocycles. The topological polar surface area (TPSA) is 79.6 Å². The van der Waals surface area contributed by atoms with E-state index in [9.17, 15) is 14.4 Å². The molecular formula is C16H11IN2O4S. The molecule has 0 aliphatic carbocycles. The van der Waals surface area contributed by atoms with Gasteiger partial charge in [0.2, 0.25) is 5.91 Å². The number of halogens is 1. The van der Waals surface area contributed by atoms with Gasteiger partial charge in [-0.25, -0.2) is 0 Å². The van der Waals surface area contributed by atoms with Gasteiger partial charge in [0, 0.05) is 11.8 Å². The summed E-state index contributed by atoms with van der Waals surface area (Å²) >= 11 is 2.80. The number of nitrogens with zero attached hydrogens (tertiary/aromatic N) is 1. The molecule has 6 nitrogen and oxygen atoms in total. The average Bonchev–Trinajstić information content (AvgIpc) is 3.07. The highest BCUT2D eigenvalue weighted by Gasteiger charge is 2.36. The second kappa shape index (κ2) is 7.22. The molecule has 0 spiro atoms. The summed E-state index contributed by atoms with van der Waals surface area (Å²) in [7, 11) is 0. The fourth-order valence-corrected chi connectivity index (χ4v) is 3.29. The lowest BCUT2D eigenvalue weighted by Crippen LogP contribution is -2.36. The summed E-state index contributed by atoms with van der Waals surface area (Å²) < 4.78 is 6.04. The number of furan rings is 1. The van der Waals surface area contributed by atoms with Crippen LogP contribution in [0.15, 0.2) is 51.8 Å². The summed E-state index contributed by atoms with van der Waals surface area (Å²) in [5, 5.41) is 2.17. The molecular weight excluding hydrogens is 443 g/mol. The minimum absolute atomic E-state index is 0.235. The molecule has 0 radical (unpaired) electrons. The molecule has 3 rings (SSSR count). The van der Waals surface area contributed by atoms with Gasteiger partial charge < -0.3 is 9.73 Å². The van der Waals surface area contributed by atoms with Gasteiger partial charge in [0.05, 0.1) is 4.91 Å². The van der Waals surface area contributed by atoms with Crippen molar-refractivity contribution in [3.05, 3.63) is 56.9 Å². The molecule has 24 heavy (non-hydrogen) atoms. The van der Waals surface area contributed by atoms with Crippen molar-refractivity contribution in [3.8, 4) is 0 Å². The van der Waals surface area contributed by atoms with Crippen molar-refractivity contribution < 1.29 is 18.8 Å². The van der Waals surface area contributed by atoms with E-state index in [0.29, 0.717) is 15.2 Å². The number of hydrogen-bond donors (Lipinski definition) is 1. The van der Waals surface area contributed by atoms with E-state index in [4.69, 9.17) is 4.42 Å². The molecule has 1 fully saturated rings. The number of carbonyl (C=O) groups excluding carboxylic acids is 3. The molecule has 1 aliphatic rings. The normalized spacial score (nSPS) is 16.0. The SMILES string of the molecule is O=C(CN1C(=O)S/C(=C\c2ccc(I)o2)C1=O)Nc1ccccc1. The van der Waals surface area contributed by atoms with Gasteiger partial charge in [-0.3, -0.25) is 19.3 Å². The van der Waals surface area contributed by atoms with E-state index in [0.717, 1.165) is 16.7 Å². The molecule has 1 aliphatic heterocycles. The van der Waals surface area contributed by atoms with Crippen LogP contribution in [0.5, 0.6) is 0 Å². The number of benzene rings is 1. The van der Waals surface area contributed by atoms with E-state index < -0.39 is 17.1 Å². The molecule has 8 heteroatoms. The van der Waals surface area contributed by atoms with Crippen molar-refractivity contribution >= 4 is 63.2 Å². The third-order valence-corrected chi connectivity index (χ3v) is 4.59. The number of carbonyl (C=O) groups is 3. The maximum absolute atomic E-state index is 12.3. The van der Waals surface area contributed by atoms with Crippen LogP contribution in [0, 0.1) is 3.77 Å². The molecule has 0 atom stereocenters. The van der Waals surface area contributed by atoms with Gasteiger partial charge in [0.1, 0.15) is 12.3 Å². The van der Waals surface area contributed by atoms with Gasteiger partial charge in [-0.1, -0.05) is 18.2 Å². The smallest absolute Gasteiger partial charge is 0.294 e. The van der Waals surface area contributed by atoms with Gasteiger partial charge in [0.25, 0.3) is 11.1 Å². The number of amides is 3. The molecule has 1 saturated heterocycles. The highest BCUT2D eigenvalue weighted by Crippen LogP contribution is 2.32. The van der Waals surface area contributed by atoms with E-state index in [1.165, 1.54) is 6.08 Å². The molecule has 0 bridgehead atoms. The van der Waals surface area contributed by atoms with Gasteiger partial charge in [0.15, 0.2) is 3.77 Å². The van der Waals surface area contributed by atoms with Crippen molar-refractivity contribution in [2.75, 3.05) is 11.9 Å². The number of imide groups is 1. The van der Waals surface area contributed by atoms with Crippen molar-refractivity contribution in [1.29, 1.82) is 0 Å². The Balaban J connectivity index is 1.68. The zero-order valence-corrected chi connectivity index (χ0v) is 15.2. The number of para-hydroxylation sites is 1. The minimum Gasteiger partial charge on any atom is -0.451 e. The first kappa shape index (κ1) is 16.8. The van der Waals surface area contributed by atoms with Gasteiger partial charge in [-0.05, 0) is 58.6 Å². The monoisotopic (exact) mass is 454 g/mol. The maximum Gasteiger partial charge on any atom is 0.294 e. The Bertz CT molecular complexity index is 832. The first-order chi connectivity index (χ1) is 11.5. The van der Waals surface area contributed by atoms with Crippen LogP contribution in [-0.4, -0.2) is 28.5 Å². The van der Waals surface area contributed by atoms with E-state index in [1.54, 1.807) is 36.4 Å². The first-order valence-electron chi connectivity index (χ1n) is 6.88. The van der Waals surface area contributed by atoms with Crippen LogP contribution in [-0.2, 0) is 9.59 Å². The van der Waals surface area contributed by atoms with Crippen molar-refractivity contribution in [3.63, 3.8) is 0 Å². The van der Waals surface area contributed by atoms with E-state index in [-0.39, 0.29) is 11.4 Å². The molecule has 2 aromatic rings. The highest BCUT2D eigenvalue weighted by molar-refractivity contribution is 14.1. The van der Waals surface area contributed by atoms with E-state index in [1.807, 2.05) is 28.7 Å². The lowest BCUT2D eigenvalue weighted by Gasteiger charge is -2.12. The summed E-state index contributed by atoms with van der Waals surface area (Å²) in [6.07, 6.45) is 1.50. The summed E-state index contributed by atoms with van der Waals surface area (Å²) in [5.74, 6) is -0.449. The summed E-state index contributed by atoms with van der Waals surface area (Å²) in [4.78, 5) is 37.5. The van der Waals surface area contributed by atoms with E-state index in [2.05, 4.69) is 5.32 Å². The Morgan fingerprint density at radius 1 is 1.21 bits per heavy atom. The molecule has 3 amide bonds. The van der Waals surface area contributed by atoms with Crippen LogP contribution in [0.2, 0.25) is 0 Å². The Morgan fingerprint density at radius 3 is 2.62 bits per heavy atom. The number of rotatable bonds is 4.